The second-order valence-corrected chi connectivity index (χ2v) is 5.83. The standard InChI is InChI=1S/C16H22N6/c1-12(2)14-11-15(22-16(19-14)10-13(3)20-22)17-6-4-8-21-9-5-7-18-21/h5,7,9-12,17H,4,6,8H2,1-3H3. The van der Waals surface area contributed by atoms with Gasteiger partial charge in [-0.3, -0.25) is 4.68 Å². The average Bonchev–Trinajstić information content (AvgIpc) is 3.11. The van der Waals surface area contributed by atoms with Crippen LogP contribution in [0.2, 0.25) is 0 Å². The van der Waals surface area contributed by atoms with Crippen molar-refractivity contribution in [2.75, 3.05) is 11.9 Å². The van der Waals surface area contributed by atoms with E-state index in [9.17, 15) is 0 Å². The summed E-state index contributed by atoms with van der Waals surface area (Å²) in [7, 11) is 0. The van der Waals surface area contributed by atoms with Crippen LogP contribution in [0.4, 0.5) is 5.82 Å². The van der Waals surface area contributed by atoms with Crippen molar-refractivity contribution >= 4 is 11.5 Å². The number of fused-ring (bicyclic) bond motifs is 1. The Morgan fingerprint density at radius 2 is 2.14 bits per heavy atom. The van der Waals surface area contributed by atoms with Crippen molar-refractivity contribution in [3.8, 4) is 0 Å². The molecule has 0 aliphatic rings. The van der Waals surface area contributed by atoms with Gasteiger partial charge in [-0.1, -0.05) is 13.8 Å². The Hall–Kier alpha value is -2.37. The first-order valence-electron chi connectivity index (χ1n) is 7.72. The number of aromatic nitrogens is 5. The van der Waals surface area contributed by atoms with E-state index in [0.717, 1.165) is 42.4 Å². The van der Waals surface area contributed by atoms with E-state index in [-0.39, 0.29) is 0 Å². The third kappa shape index (κ3) is 3.10. The molecule has 3 aromatic rings. The number of rotatable bonds is 6. The second-order valence-electron chi connectivity index (χ2n) is 5.83. The van der Waals surface area contributed by atoms with E-state index < -0.39 is 0 Å². The highest BCUT2D eigenvalue weighted by molar-refractivity contribution is 5.50. The topological polar surface area (TPSA) is 60.0 Å². The summed E-state index contributed by atoms with van der Waals surface area (Å²) in [5, 5.41) is 12.2. The van der Waals surface area contributed by atoms with E-state index in [0.29, 0.717) is 5.92 Å². The molecule has 116 valence electrons. The first kappa shape index (κ1) is 14.6. The van der Waals surface area contributed by atoms with Crippen molar-refractivity contribution in [2.24, 2.45) is 0 Å². The van der Waals surface area contributed by atoms with Gasteiger partial charge in [-0.2, -0.15) is 14.7 Å². The van der Waals surface area contributed by atoms with Gasteiger partial charge in [0.25, 0.3) is 0 Å². The fourth-order valence-electron chi connectivity index (χ4n) is 2.42. The van der Waals surface area contributed by atoms with Crippen LogP contribution in [0.5, 0.6) is 0 Å². The normalized spacial score (nSPS) is 11.5. The molecule has 0 aliphatic carbocycles. The van der Waals surface area contributed by atoms with Gasteiger partial charge < -0.3 is 5.32 Å². The van der Waals surface area contributed by atoms with Crippen molar-refractivity contribution in [1.29, 1.82) is 0 Å². The Labute approximate surface area is 130 Å². The van der Waals surface area contributed by atoms with Gasteiger partial charge in [-0.15, -0.1) is 0 Å². The van der Waals surface area contributed by atoms with Crippen molar-refractivity contribution in [3.63, 3.8) is 0 Å². The van der Waals surface area contributed by atoms with E-state index in [2.05, 4.69) is 40.4 Å². The van der Waals surface area contributed by atoms with E-state index in [1.165, 1.54) is 0 Å². The summed E-state index contributed by atoms with van der Waals surface area (Å²) in [6, 6.07) is 6.06. The Kier molecular flexibility index (Phi) is 4.09. The lowest BCUT2D eigenvalue weighted by molar-refractivity contribution is 0.591. The summed E-state index contributed by atoms with van der Waals surface area (Å²) in [6.07, 6.45) is 4.79. The smallest absolute Gasteiger partial charge is 0.157 e. The van der Waals surface area contributed by atoms with E-state index in [1.54, 1.807) is 6.20 Å². The molecule has 0 bridgehead atoms. The van der Waals surface area contributed by atoms with E-state index in [1.807, 2.05) is 34.5 Å². The molecule has 0 unspecified atom stereocenters. The Balaban J connectivity index is 1.73. The van der Waals surface area contributed by atoms with Crippen LogP contribution in [0.15, 0.2) is 30.6 Å². The third-order valence-corrected chi connectivity index (χ3v) is 3.59. The summed E-state index contributed by atoms with van der Waals surface area (Å²) < 4.78 is 3.83. The van der Waals surface area contributed by atoms with Gasteiger partial charge in [0.1, 0.15) is 5.82 Å². The number of anilines is 1. The highest BCUT2D eigenvalue weighted by Crippen LogP contribution is 2.19. The summed E-state index contributed by atoms with van der Waals surface area (Å²) in [5.41, 5.74) is 2.97. The van der Waals surface area contributed by atoms with Crippen molar-refractivity contribution in [3.05, 3.63) is 42.0 Å². The van der Waals surface area contributed by atoms with Gasteiger partial charge in [-0.05, 0) is 25.3 Å². The predicted molar refractivity (Wildman–Crippen MR) is 87.1 cm³/mol. The number of hydrogen-bond donors (Lipinski definition) is 1. The van der Waals surface area contributed by atoms with Gasteiger partial charge in [0.05, 0.1) is 5.69 Å². The molecule has 3 aromatic heterocycles. The molecule has 0 saturated carbocycles. The van der Waals surface area contributed by atoms with E-state index >= 15 is 0 Å². The molecule has 0 radical (unpaired) electrons. The molecule has 0 aliphatic heterocycles. The van der Waals surface area contributed by atoms with Crippen LogP contribution >= 0.6 is 0 Å². The van der Waals surface area contributed by atoms with Crippen LogP contribution in [-0.4, -0.2) is 30.9 Å². The molecule has 6 nitrogen and oxygen atoms in total. The lowest BCUT2D eigenvalue weighted by Gasteiger charge is -2.12. The second kappa shape index (κ2) is 6.17. The van der Waals surface area contributed by atoms with Crippen LogP contribution in [0.3, 0.4) is 0 Å². The van der Waals surface area contributed by atoms with Crippen molar-refractivity contribution in [2.45, 2.75) is 39.7 Å². The maximum atomic E-state index is 4.67. The lowest BCUT2D eigenvalue weighted by Crippen LogP contribution is -2.11. The molecule has 0 spiro atoms. The summed E-state index contributed by atoms with van der Waals surface area (Å²) >= 11 is 0. The SMILES string of the molecule is Cc1cc2nc(C(C)C)cc(NCCCn3cccn3)n2n1. The number of aryl methyl sites for hydroxylation is 2. The molecule has 3 heterocycles. The molecule has 0 fully saturated rings. The highest BCUT2D eigenvalue weighted by atomic mass is 15.3. The van der Waals surface area contributed by atoms with Gasteiger partial charge >= 0.3 is 0 Å². The zero-order valence-electron chi connectivity index (χ0n) is 13.3. The van der Waals surface area contributed by atoms with Crippen LogP contribution < -0.4 is 5.32 Å². The average molecular weight is 298 g/mol. The molecule has 0 atom stereocenters. The first-order chi connectivity index (χ1) is 10.6. The summed E-state index contributed by atoms with van der Waals surface area (Å²) in [6.45, 7) is 8.08. The minimum atomic E-state index is 0.393. The molecule has 0 aromatic carbocycles. The quantitative estimate of drug-likeness (QED) is 0.711. The fraction of sp³-hybridized carbons (Fsp3) is 0.438. The molecule has 0 saturated heterocycles. The summed E-state index contributed by atoms with van der Waals surface area (Å²) in [5.74, 6) is 1.40. The predicted octanol–water partition coefficient (Wildman–Crippen LogP) is 2.86. The number of nitrogens with one attached hydrogen (secondary N) is 1. The van der Waals surface area contributed by atoms with Crippen LogP contribution in [0.1, 0.15) is 37.6 Å². The molecular formula is C16H22N6. The van der Waals surface area contributed by atoms with Gasteiger partial charge in [-0.25, -0.2) is 4.98 Å². The monoisotopic (exact) mass is 298 g/mol. The maximum absolute atomic E-state index is 4.67. The lowest BCUT2D eigenvalue weighted by atomic mass is 10.1. The van der Waals surface area contributed by atoms with Crippen LogP contribution in [-0.2, 0) is 6.54 Å². The van der Waals surface area contributed by atoms with Crippen LogP contribution in [0, 0.1) is 6.92 Å². The molecule has 22 heavy (non-hydrogen) atoms. The zero-order chi connectivity index (χ0) is 15.5. The number of hydrogen-bond acceptors (Lipinski definition) is 4. The molecule has 1 N–H and O–H groups in total. The van der Waals surface area contributed by atoms with Gasteiger partial charge in [0.15, 0.2) is 5.65 Å². The highest BCUT2D eigenvalue weighted by Gasteiger charge is 2.10. The zero-order valence-corrected chi connectivity index (χ0v) is 13.3. The van der Waals surface area contributed by atoms with Crippen molar-refractivity contribution < 1.29 is 0 Å². The largest absolute Gasteiger partial charge is 0.370 e. The molecule has 6 heteroatoms. The van der Waals surface area contributed by atoms with Gasteiger partial charge in [0.2, 0.25) is 0 Å². The first-order valence-corrected chi connectivity index (χ1v) is 7.72. The molecule has 3 rings (SSSR count). The Bertz CT molecular complexity index is 741. The fourth-order valence-corrected chi connectivity index (χ4v) is 2.42. The molecular weight excluding hydrogens is 276 g/mol. The molecule has 0 amide bonds. The van der Waals surface area contributed by atoms with Crippen LogP contribution in [0.25, 0.3) is 5.65 Å². The Morgan fingerprint density at radius 3 is 2.86 bits per heavy atom. The number of nitrogens with zero attached hydrogens (tertiary/aromatic N) is 5. The Morgan fingerprint density at radius 1 is 1.27 bits per heavy atom. The van der Waals surface area contributed by atoms with Gasteiger partial charge in [0, 0.05) is 43.3 Å². The summed E-state index contributed by atoms with van der Waals surface area (Å²) in [4.78, 5) is 4.67. The van der Waals surface area contributed by atoms with Crippen molar-refractivity contribution in [1.82, 2.24) is 24.4 Å². The minimum Gasteiger partial charge on any atom is -0.370 e. The third-order valence-electron chi connectivity index (χ3n) is 3.59. The minimum absolute atomic E-state index is 0.393. The van der Waals surface area contributed by atoms with E-state index in [4.69, 9.17) is 0 Å². The maximum Gasteiger partial charge on any atom is 0.157 e.